The van der Waals surface area contributed by atoms with Crippen molar-refractivity contribution in [1.82, 2.24) is 20.4 Å². The van der Waals surface area contributed by atoms with Gasteiger partial charge in [0, 0.05) is 22.8 Å². The molecule has 0 saturated heterocycles. The van der Waals surface area contributed by atoms with Crippen molar-refractivity contribution >= 4 is 34.5 Å². The van der Waals surface area contributed by atoms with Crippen LogP contribution in [0.3, 0.4) is 0 Å². The molecule has 0 spiro atoms. The lowest BCUT2D eigenvalue weighted by Gasteiger charge is -2.37. The molecular formula is C22H20ClFN4OS. The fourth-order valence-corrected chi connectivity index (χ4v) is 4.01. The largest absolute Gasteiger partial charge is 0.351 e. The standard InChI is InChI=1S/C22H20ClFN4OS/c1-3-11-28-13(2)18(19(25-22(28)30)15-5-4-6-17(24)12-15)21-26-20(27-29-21)14-7-9-16(23)10-8-14/h4-10,12,19H,3,11H2,1-2H3,(H,25,30). The normalized spacial score (nSPS) is 16.7. The number of halogens is 2. The third-order valence-electron chi connectivity index (χ3n) is 4.98. The van der Waals surface area contributed by atoms with E-state index in [9.17, 15) is 4.39 Å². The number of thiocarbonyl (C=S) groups is 1. The van der Waals surface area contributed by atoms with Crippen LogP contribution in [0.1, 0.15) is 37.8 Å². The molecule has 1 unspecified atom stereocenters. The van der Waals surface area contributed by atoms with E-state index in [4.69, 9.17) is 28.3 Å². The number of allylic oxidation sites excluding steroid dienone is 1. The first-order valence-electron chi connectivity index (χ1n) is 9.62. The maximum absolute atomic E-state index is 14.0. The van der Waals surface area contributed by atoms with Crippen LogP contribution in [0, 0.1) is 5.82 Å². The van der Waals surface area contributed by atoms with Crippen molar-refractivity contribution in [3.63, 3.8) is 0 Å². The first kappa shape index (κ1) is 20.5. The average Bonchev–Trinajstić information content (AvgIpc) is 3.21. The Bertz CT molecular complexity index is 1110. The number of rotatable bonds is 5. The second kappa shape index (κ2) is 8.53. The summed E-state index contributed by atoms with van der Waals surface area (Å²) >= 11 is 11.6. The molecule has 3 aromatic rings. The van der Waals surface area contributed by atoms with Crippen LogP contribution in [0.5, 0.6) is 0 Å². The van der Waals surface area contributed by atoms with E-state index in [1.165, 1.54) is 12.1 Å². The van der Waals surface area contributed by atoms with E-state index < -0.39 is 6.04 Å². The summed E-state index contributed by atoms with van der Waals surface area (Å²) in [5.74, 6) is 0.499. The number of nitrogens with one attached hydrogen (secondary N) is 1. The SMILES string of the molecule is CCCN1C(=S)NC(c2cccc(F)c2)C(c2nc(-c3ccc(Cl)cc3)no2)=C1C. The van der Waals surface area contributed by atoms with Crippen LogP contribution in [0.2, 0.25) is 5.02 Å². The molecule has 1 aliphatic rings. The van der Waals surface area contributed by atoms with Gasteiger partial charge in [-0.3, -0.25) is 0 Å². The molecule has 0 bridgehead atoms. The molecule has 1 atom stereocenters. The van der Waals surface area contributed by atoms with E-state index in [0.717, 1.165) is 35.4 Å². The van der Waals surface area contributed by atoms with Gasteiger partial charge < -0.3 is 14.7 Å². The van der Waals surface area contributed by atoms with Gasteiger partial charge in [-0.2, -0.15) is 4.98 Å². The number of benzene rings is 2. The molecular weight excluding hydrogens is 423 g/mol. The molecule has 0 fully saturated rings. The number of aromatic nitrogens is 2. The molecule has 4 rings (SSSR count). The fraction of sp³-hybridized carbons (Fsp3) is 0.227. The van der Waals surface area contributed by atoms with Crippen LogP contribution in [0.15, 0.2) is 58.8 Å². The number of hydrogen-bond acceptors (Lipinski definition) is 4. The topological polar surface area (TPSA) is 54.2 Å². The minimum absolute atomic E-state index is 0.319. The minimum atomic E-state index is -0.403. The molecule has 2 heterocycles. The average molecular weight is 443 g/mol. The van der Waals surface area contributed by atoms with E-state index in [-0.39, 0.29) is 5.82 Å². The monoisotopic (exact) mass is 442 g/mol. The summed E-state index contributed by atoms with van der Waals surface area (Å²) in [7, 11) is 0. The second-order valence-electron chi connectivity index (χ2n) is 7.02. The molecule has 8 heteroatoms. The van der Waals surface area contributed by atoms with Crippen molar-refractivity contribution in [2.24, 2.45) is 0 Å². The summed E-state index contributed by atoms with van der Waals surface area (Å²) in [5, 5.41) is 8.68. The van der Waals surface area contributed by atoms with E-state index in [2.05, 4.69) is 22.4 Å². The molecule has 2 aromatic carbocycles. The smallest absolute Gasteiger partial charge is 0.258 e. The summed E-state index contributed by atoms with van der Waals surface area (Å²) in [5.41, 5.74) is 3.20. The van der Waals surface area contributed by atoms with Gasteiger partial charge in [-0.1, -0.05) is 35.8 Å². The van der Waals surface area contributed by atoms with Gasteiger partial charge >= 0.3 is 0 Å². The summed E-state index contributed by atoms with van der Waals surface area (Å²) in [6, 6.07) is 13.2. The Labute approximate surface area is 184 Å². The fourth-order valence-electron chi connectivity index (χ4n) is 3.54. The van der Waals surface area contributed by atoms with Crippen molar-refractivity contribution in [3.05, 3.63) is 76.5 Å². The lowest BCUT2D eigenvalue weighted by Crippen LogP contribution is -2.46. The van der Waals surface area contributed by atoms with Crippen LogP contribution >= 0.6 is 23.8 Å². The van der Waals surface area contributed by atoms with Gasteiger partial charge in [0.2, 0.25) is 5.82 Å². The Morgan fingerprint density at radius 2 is 2.00 bits per heavy atom. The van der Waals surface area contributed by atoms with Crippen LogP contribution in [-0.4, -0.2) is 26.7 Å². The van der Waals surface area contributed by atoms with Gasteiger partial charge in [-0.15, -0.1) is 0 Å². The Kier molecular flexibility index (Phi) is 5.83. The highest BCUT2D eigenvalue weighted by Crippen LogP contribution is 2.37. The third-order valence-corrected chi connectivity index (χ3v) is 5.57. The highest BCUT2D eigenvalue weighted by Gasteiger charge is 2.33. The van der Waals surface area contributed by atoms with Crippen LogP contribution in [0.4, 0.5) is 4.39 Å². The van der Waals surface area contributed by atoms with Gasteiger partial charge in [-0.05, 0) is 67.5 Å². The quantitative estimate of drug-likeness (QED) is 0.519. The van der Waals surface area contributed by atoms with E-state index in [1.807, 2.05) is 30.0 Å². The lowest BCUT2D eigenvalue weighted by atomic mass is 9.94. The highest BCUT2D eigenvalue weighted by atomic mass is 35.5. The Balaban J connectivity index is 1.81. The maximum Gasteiger partial charge on any atom is 0.258 e. The zero-order valence-corrected chi connectivity index (χ0v) is 18.1. The zero-order valence-electron chi connectivity index (χ0n) is 16.5. The summed E-state index contributed by atoms with van der Waals surface area (Å²) in [6.07, 6.45) is 0.914. The predicted molar refractivity (Wildman–Crippen MR) is 119 cm³/mol. The molecule has 1 N–H and O–H groups in total. The van der Waals surface area contributed by atoms with Crippen molar-refractivity contribution in [2.45, 2.75) is 26.3 Å². The molecule has 5 nitrogen and oxygen atoms in total. The molecule has 154 valence electrons. The predicted octanol–water partition coefficient (Wildman–Crippen LogP) is 5.60. The van der Waals surface area contributed by atoms with Crippen molar-refractivity contribution in [1.29, 1.82) is 0 Å². The van der Waals surface area contributed by atoms with Crippen LogP contribution in [0.25, 0.3) is 17.0 Å². The molecule has 0 radical (unpaired) electrons. The van der Waals surface area contributed by atoms with E-state index in [0.29, 0.717) is 21.9 Å². The number of nitrogens with zero attached hydrogens (tertiary/aromatic N) is 3. The van der Waals surface area contributed by atoms with Crippen LogP contribution < -0.4 is 5.32 Å². The second-order valence-corrected chi connectivity index (χ2v) is 7.84. The van der Waals surface area contributed by atoms with E-state index >= 15 is 0 Å². The summed E-state index contributed by atoms with van der Waals surface area (Å²) < 4.78 is 19.6. The van der Waals surface area contributed by atoms with Gasteiger partial charge in [0.25, 0.3) is 5.89 Å². The molecule has 1 aliphatic heterocycles. The van der Waals surface area contributed by atoms with Crippen molar-refractivity contribution < 1.29 is 8.91 Å². The van der Waals surface area contributed by atoms with Gasteiger partial charge in [-0.25, -0.2) is 4.39 Å². The molecule has 0 amide bonds. The Morgan fingerprint density at radius 3 is 2.70 bits per heavy atom. The van der Waals surface area contributed by atoms with Crippen LogP contribution in [-0.2, 0) is 0 Å². The number of hydrogen-bond donors (Lipinski definition) is 1. The Morgan fingerprint density at radius 1 is 1.23 bits per heavy atom. The summed E-state index contributed by atoms with van der Waals surface area (Å²) in [6.45, 7) is 4.80. The molecule has 0 aliphatic carbocycles. The highest BCUT2D eigenvalue weighted by molar-refractivity contribution is 7.80. The molecule has 0 saturated carbocycles. The zero-order chi connectivity index (χ0) is 21.3. The lowest BCUT2D eigenvalue weighted by molar-refractivity contribution is 0.396. The molecule has 1 aromatic heterocycles. The maximum atomic E-state index is 14.0. The third kappa shape index (κ3) is 3.95. The van der Waals surface area contributed by atoms with Gasteiger partial charge in [0.05, 0.1) is 11.6 Å². The Hall–Kier alpha value is -2.77. The van der Waals surface area contributed by atoms with E-state index in [1.54, 1.807) is 18.2 Å². The summed E-state index contributed by atoms with van der Waals surface area (Å²) in [4.78, 5) is 6.63. The molecule has 30 heavy (non-hydrogen) atoms. The van der Waals surface area contributed by atoms with Gasteiger partial charge in [0.1, 0.15) is 5.82 Å². The van der Waals surface area contributed by atoms with Crippen molar-refractivity contribution in [3.8, 4) is 11.4 Å². The minimum Gasteiger partial charge on any atom is -0.351 e. The first-order chi connectivity index (χ1) is 14.5. The van der Waals surface area contributed by atoms with Crippen molar-refractivity contribution in [2.75, 3.05) is 6.54 Å². The first-order valence-corrected chi connectivity index (χ1v) is 10.4. The van der Waals surface area contributed by atoms with Gasteiger partial charge in [0.15, 0.2) is 5.11 Å².